The summed E-state index contributed by atoms with van der Waals surface area (Å²) in [4.78, 5) is 47.2. The maximum Gasteiger partial charge on any atom is 0.275 e. The molecule has 3 aromatic rings. The van der Waals surface area contributed by atoms with Gasteiger partial charge in [0, 0.05) is 19.3 Å². The van der Waals surface area contributed by atoms with Gasteiger partial charge in [0.1, 0.15) is 11.5 Å². The van der Waals surface area contributed by atoms with Crippen LogP contribution < -0.4 is 10.6 Å². The number of aromatic amines is 1. The van der Waals surface area contributed by atoms with Crippen molar-refractivity contribution in [2.24, 2.45) is 5.92 Å². The highest BCUT2D eigenvalue weighted by atomic mass is 16.2. The third kappa shape index (κ3) is 5.29. The van der Waals surface area contributed by atoms with Crippen molar-refractivity contribution < 1.29 is 14.4 Å². The van der Waals surface area contributed by atoms with Gasteiger partial charge >= 0.3 is 0 Å². The minimum absolute atomic E-state index is 0.168. The Balaban J connectivity index is 1.35. The molecule has 0 unspecified atom stereocenters. The third-order valence-electron chi connectivity index (χ3n) is 5.31. The Labute approximate surface area is 190 Å². The largest absolute Gasteiger partial charge is 0.338 e. The fourth-order valence-corrected chi connectivity index (χ4v) is 3.60. The van der Waals surface area contributed by atoms with Crippen LogP contribution in [0.5, 0.6) is 0 Å². The van der Waals surface area contributed by atoms with Crippen molar-refractivity contribution in [1.29, 1.82) is 0 Å². The molecule has 3 amide bonds. The van der Waals surface area contributed by atoms with Gasteiger partial charge in [-0.3, -0.25) is 19.5 Å². The van der Waals surface area contributed by atoms with Gasteiger partial charge in [0.2, 0.25) is 11.8 Å². The van der Waals surface area contributed by atoms with Gasteiger partial charge in [-0.2, -0.15) is 5.10 Å². The zero-order valence-corrected chi connectivity index (χ0v) is 17.8. The number of nitrogens with one attached hydrogen (secondary N) is 3. The molecule has 168 valence electrons. The monoisotopic (exact) mass is 445 g/mol. The zero-order valence-electron chi connectivity index (χ0n) is 17.8. The van der Waals surface area contributed by atoms with Crippen molar-refractivity contribution in [1.82, 2.24) is 25.1 Å². The lowest BCUT2D eigenvalue weighted by molar-refractivity contribution is -0.130. The summed E-state index contributed by atoms with van der Waals surface area (Å²) in [6.07, 6.45) is 5.81. The van der Waals surface area contributed by atoms with Crippen LogP contribution in [0, 0.1) is 5.92 Å². The topological polar surface area (TPSA) is 133 Å². The summed E-state index contributed by atoms with van der Waals surface area (Å²) >= 11 is 0. The van der Waals surface area contributed by atoms with Crippen molar-refractivity contribution in [3.8, 4) is 11.4 Å². The molecule has 4 rings (SSSR count). The summed E-state index contributed by atoms with van der Waals surface area (Å²) in [5.41, 5.74) is 2.04. The molecular formula is C23H23N7O3. The molecular weight excluding hydrogens is 422 g/mol. The molecule has 0 bridgehead atoms. The minimum atomic E-state index is -0.408. The number of carbonyl (C=O) groups excluding carboxylic acids is 3. The van der Waals surface area contributed by atoms with E-state index in [1.165, 1.54) is 12.3 Å². The lowest BCUT2D eigenvalue weighted by Gasteiger charge is -2.31. The van der Waals surface area contributed by atoms with Gasteiger partial charge in [-0.1, -0.05) is 12.6 Å². The Morgan fingerprint density at radius 1 is 1.15 bits per heavy atom. The Kier molecular flexibility index (Phi) is 6.53. The Bertz CT molecular complexity index is 1160. The van der Waals surface area contributed by atoms with Gasteiger partial charge in [-0.15, -0.1) is 0 Å². The number of carbonyl (C=O) groups is 3. The number of hydrogen-bond donors (Lipinski definition) is 3. The van der Waals surface area contributed by atoms with Gasteiger partial charge in [-0.05, 0) is 49.2 Å². The molecule has 1 atom stereocenters. The fraction of sp³-hybridized carbons (Fsp3) is 0.217. The predicted octanol–water partition coefficient (Wildman–Crippen LogP) is 2.48. The van der Waals surface area contributed by atoms with Crippen molar-refractivity contribution in [3.63, 3.8) is 0 Å². The maximum atomic E-state index is 12.6. The molecule has 1 saturated heterocycles. The summed E-state index contributed by atoms with van der Waals surface area (Å²) in [5.74, 6) is -0.717. The van der Waals surface area contributed by atoms with Crippen LogP contribution in [0.15, 0.2) is 61.4 Å². The van der Waals surface area contributed by atoms with Gasteiger partial charge in [0.05, 0.1) is 29.2 Å². The van der Waals surface area contributed by atoms with Crippen LogP contribution in [-0.4, -0.2) is 55.9 Å². The van der Waals surface area contributed by atoms with Crippen LogP contribution in [-0.2, 0) is 9.59 Å². The quantitative estimate of drug-likeness (QED) is 0.499. The normalized spacial score (nSPS) is 15.5. The minimum Gasteiger partial charge on any atom is -0.338 e. The number of rotatable bonds is 6. The summed E-state index contributed by atoms with van der Waals surface area (Å²) in [6, 6.07) is 10.1. The second kappa shape index (κ2) is 9.86. The van der Waals surface area contributed by atoms with Crippen molar-refractivity contribution in [2.75, 3.05) is 23.7 Å². The van der Waals surface area contributed by atoms with E-state index >= 15 is 0 Å². The molecule has 3 aromatic heterocycles. The number of likely N-dealkylation sites (tertiary alicyclic amines) is 1. The second-order valence-electron chi connectivity index (χ2n) is 7.58. The van der Waals surface area contributed by atoms with Crippen LogP contribution in [0.3, 0.4) is 0 Å². The zero-order chi connectivity index (χ0) is 23.2. The standard InChI is InChI=1S/C23H23N7O3/c1-2-21(31)30-12-4-5-15(14-30)22(32)26-16-8-9-20(24-13-16)28-23(33)19-7-3-6-17(27-19)18-10-11-25-29-18/h2-3,6-11,13,15H,1,4-5,12,14H2,(H,25,29)(H,26,32)(H,24,28,33)/t15-/m1/s1. The van der Waals surface area contributed by atoms with Gasteiger partial charge < -0.3 is 15.5 Å². The Hall–Kier alpha value is -4.34. The van der Waals surface area contributed by atoms with Gasteiger partial charge in [-0.25, -0.2) is 9.97 Å². The van der Waals surface area contributed by atoms with Crippen molar-refractivity contribution in [3.05, 3.63) is 67.1 Å². The maximum absolute atomic E-state index is 12.6. The summed E-state index contributed by atoms with van der Waals surface area (Å²) < 4.78 is 0. The first-order chi connectivity index (χ1) is 16.0. The van der Waals surface area contributed by atoms with E-state index in [0.29, 0.717) is 42.4 Å². The summed E-state index contributed by atoms with van der Waals surface area (Å²) in [6.45, 7) is 4.49. The van der Waals surface area contributed by atoms with E-state index in [9.17, 15) is 14.4 Å². The Morgan fingerprint density at radius 3 is 2.76 bits per heavy atom. The number of amides is 3. The smallest absolute Gasteiger partial charge is 0.275 e. The number of H-pyrrole nitrogens is 1. The molecule has 3 N–H and O–H groups in total. The molecule has 0 aromatic carbocycles. The van der Waals surface area contributed by atoms with Crippen molar-refractivity contribution >= 4 is 29.2 Å². The molecule has 4 heterocycles. The van der Waals surface area contributed by atoms with Gasteiger partial charge in [0.25, 0.3) is 5.91 Å². The molecule has 10 heteroatoms. The highest BCUT2D eigenvalue weighted by molar-refractivity contribution is 6.02. The number of nitrogens with zero attached hydrogens (tertiary/aromatic N) is 4. The second-order valence-corrected chi connectivity index (χ2v) is 7.58. The summed E-state index contributed by atoms with van der Waals surface area (Å²) in [7, 11) is 0. The SMILES string of the molecule is C=CC(=O)N1CCC[C@@H](C(=O)Nc2ccc(NC(=O)c3cccc(-c4ccn[nH]4)n3)nc2)C1. The molecule has 1 fully saturated rings. The number of hydrogen-bond acceptors (Lipinski definition) is 6. The fourth-order valence-electron chi connectivity index (χ4n) is 3.60. The van der Waals surface area contributed by atoms with Crippen LogP contribution >= 0.6 is 0 Å². The molecule has 1 aliphatic heterocycles. The average Bonchev–Trinajstić information content (AvgIpc) is 3.40. The van der Waals surface area contributed by atoms with Crippen LogP contribution in [0.4, 0.5) is 11.5 Å². The van der Waals surface area contributed by atoms with E-state index < -0.39 is 5.91 Å². The third-order valence-corrected chi connectivity index (χ3v) is 5.31. The molecule has 0 spiro atoms. The van der Waals surface area contributed by atoms with Crippen LogP contribution in [0.25, 0.3) is 11.4 Å². The summed E-state index contributed by atoms with van der Waals surface area (Å²) in [5, 5.41) is 12.2. The van der Waals surface area contributed by atoms with E-state index in [2.05, 4.69) is 37.4 Å². The van der Waals surface area contributed by atoms with Crippen molar-refractivity contribution in [2.45, 2.75) is 12.8 Å². The van der Waals surface area contributed by atoms with E-state index in [1.54, 1.807) is 47.5 Å². The number of piperidine rings is 1. The number of pyridine rings is 2. The molecule has 0 saturated carbocycles. The van der Waals surface area contributed by atoms with E-state index in [1.807, 2.05) is 0 Å². The molecule has 0 aliphatic carbocycles. The molecule has 0 radical (unpaired) electrons. The molecule has 1 aliphatic rings. The number of anilines is 2. The molecule has 33 heavy (non-hydrogen) atoms. The first-order valence-electron chi connectivity index (χ1n) is 10.5. The van der Waals surface area contributed by atoms with E-state index in [0.717, 1.165) is 6.42 Å². The van der Waals surface area contributed by atoms with E-state index in [4.69, 9.17) is 0 Å². The number of aromatic nitrogens is 4. The highest BCUT2D eigenvalue weighted by Crippen LogP contribution is 2.20. The lowest BCUT2D eigenvalue weighted by atomic mass is 9.97. The highest BCUT2D eigenvalue weighted by Gasteiger charge is 2.27. The van der Waals surface area contributed by atoms with E-state index in [-0.39, 0.29) is 23.4 Å². The Morgan fingerprint density at radius 2 is 2.03 bits per heavy atom. The lowest BCUT2D eigenvalue weighted by Crippen LogP contribution is -2.43. The van der Waals surface area contributed by atoms with Crippen LogP contribution in [0.2, 0.25) is 0 Å². The average molecular weight is 445 g/mol. The molecule has 10 nitrogen and oxygen atoms in total. The van der Waals surface area contributed by atoms with Crippen LogP contribution in [0.1, 0.15) is 23.3 Å². The first-order valence-corrected chi connectivity index (χ1v) is 10.5. The van der Waals surface area contributed by atoms with Gasteiger partial charge in [0.15, 0.2) is 0 Å². The first kappa shape index (κ1) is 21.9. The predicted molar refractivity (Wildman–Crippen MR) is 122 cm³/mol.